The first-order valence-corrected chi connectivity index (χ1v) is 12.8. The number of nitrogens with zero attached hydrogens (tertiary/aromatic N) is 3. The second kappa shape index (κ2) is 5.62. The molecule has 2 saturated heterocycles. The number of rotatable bonds is 2. The van der Waals surface area contributed by atoms with Gasteiger partial charge in [-0.2, -0.15) is 5.01 Å². The number of hydrogen-bond acceptors (Lipinski definition) is 6. The molecule has 0 aromatic heterocycles. The van der Waals surface area contributed by atoms with Gasteiger partial charge in [0.15, 0.2) is 0 Å². The number of carbonyl (C=O) groups excluding carboxylic acids is 3. The molecule has 2 saturated carbocycles. The van der Waals surface area contributed by atoms with Gasteiger partial charge >= 0.3 is 0 Å². The number of imide groups is 1. The maximum Gasteiger partial charge on any atom is 0.276 e. The van der Waals surface area contributed by atoms with Crippen LogP contribution in [0.4, 0.5) is 0 Å². The minimum atomic E-state index is -3.79. The van der Waals surface area contributed by atoms with Gasteiger partial charge < -0.3 is 0 Å². The Labute approximate surface area is 187 Å². The first-order chi connectivity index (χ1) is 14.9. The van der Waals surface area contributed by atoms with Crippen LogP contribution in [0.25, 0.3) is 0 Å². The summed E-state index contributed by atoms with van der Waals surface area (Å²) in [6, 6.07) is 5.75. The summed E-state index contributed by atoms with van der Waals surface area (Å²) in [5, 5.41) is 2.48. The molecule has 3 heterocycles. The van der Waals surface area contributed by atoms with E-state index in [9.17, 15) is 22.8 Å². The van der Waals surface area contributed by atoms with E-state index in [1.807, 2.05) is 0 Å². The van der Waals surface area contributed by atoms with Crippen molar-refractivity contribution in [3.63, 3.8) is 0 Å². The van der Waals surface area contributed by atoms with Gasteiger partial charge in [0, 0.05) is 5.41 Å². The van der Waals surface area contributed by atoms with E-state index in [4.69, 9.17) is 0 Å². The second-order valence-corrected chi connectivity index (χ2v) is 12.7. The van der Waals surface area contributed by atoms with Gasteiger partial charge in [0.25, 0.3) is 17.7 Å². The van der Waals surface area contributed by atoms with Crippen LogP contribution in [0.5, 0.6) is 0 Å². The lowest BCUT2D eigenvalue weighted by atomic mass is 9.69. The zero-order valence-electron chi connectivity index (χ0n) is 18.7. The Morgan fingerprint density at radius 3 is 2.22 bits per heavy atom. The molecule has 0 N–H and O–H groups in total. The minimum absolute atomic E-state index is 0.00259. The van der Waals surface area contributed by atoms with Gasteiger partial charge in [-0.05, 0) is 56.6 Å². The number of hydrogen-bond donors (Lipinski definition) is 0. The Hall–Kier alpha value is -2.26. The highest BCUT2D eigenvalue weighted by atomic mass is 32.2. The van der Waals surface area contributed by atoms with Gasteiger partial charge in [0.2, 0.25) is 10.0 Å². The zero-order valence-corrected chi connectivity index (χ0v) is 19.5. The van der Waals surface area contributed by atoms with Crippen molar-refractivity contribution in [1.82, 2.24) is 14.3 Å². The molecule has 2 bridgehead atoms. The van der Waals surface area contributed by atoms with Crippen LogP contribution in [0.2, 0.25) is 0 Å². The Balaban J connectivity index is 1.36. The van der Waals surface area contributed by atoms with E-state index in [0.717, 1.165) is 22.2 Å². The molecule has 1 aromatic rings. The largest absolute Gasteiger partial charge is 0.276 e. The molecule has 3 aliphatic heterocycles. The number of fused-ring (bicyclic) bond motifs is 2. The topological polar surface area (TPSA) is 94.8 Å². The van der Waals surface area contributed by atoms with E-state index in [2.05, 4.69) is 13.8 Å². The SMILES string of the molecule is C[C@H]1N(N2C(=O)c3ccccc3C2=O)[C@@]1(C)C(=O)N1[C@@H]2C[C@H]3CC[C@]2(CS1(=O)=O)C3(C)C. The maximum atomic E-state index is 13.9. The fraction of sp³-hybridized carbons (Fsp3) is 0.609. The van der Waals surface area contributed by atoms with E-state index in [1.165, 1.54) is 5.01 Å². The zero-order chi connectivity index (χ0) is 23.0. The molecule has 9 heteroatoms. The third kappa shape index (κ3) is 1.99. The molecule has 4 fully saturated rings. The number of sulfonamides is 1. The molecule has 2 aliphatic carbocycles. The Kier molecular flexibility index (Phi) is 3.57. The Morgan fingerprint density at radius 1 is 1.06 bits per heavy atom. The van der Waals surface area contributed by atoms with Gasteiger partial charge in [-0.15, -0.1) is 0 Å². The molecule has 1 unspecified atom stereocenters. The van der Waals surface area contributed by atoms with Crippen molar-refractivity contribution in [3.05, 3.63) is 35.4 Å². The van der Waals surface area contributed by atoms with Crippen LogP contribution in [0.3, 0.4) is 0 Å². The van der Waals surface area contributed by atoms with Crippen molar-refractivity contribution in [2.24, 2.45) is 16.7 Å². The van der Waals surface area contributed by atoms with Crippen molar-refractivity contribution in [2.75, 3.05) is 5.75 Å². The van der Waals surface area contributed by atoms with E-state index in [1.54, 1.807) is 38.1 Å². The quantitative estimate of drug-likeness (QED) is 0.498. The minimum Gasteiger partial charge on any atom is -0.271 e. The van der Waals surface area contributed by atoms with E-state index < -0.39 is 44.7 Å². The van der Waals surface area contributed by atoms with Crippen LogP contribution in [-0.4, -0.2) is 63.8 Å². The van der Waals surface area contributed by atoms with E-state index in [-0.39, 0.29) is 17.2 Å². The van der Waals surface area contributed by atoms with Gasteiger partial charge in [0.1, 0.15) is 5.54 Å². The van der Waals surface area contributed by atoms with Crippen molar-refractivity contribution >= 4 is 27.7 Å². The molecule has 0 radical (unpaired) electrons. The number of carbonyl (C=O) groups is 3. The van der Waals surface area contributed by atoms with Gasteiger partial charge in [-0.25, -0.2) is 17.7 Å². The summed E-state index contributed by atoms with van der Waals surface area (Å²) in [4.78, 5) is 39.9. The summed E-state index contributed by atoms with van der Waals surface area (Å²) < 4.78 is 27.8. The second-order valence-electron chi connectivity index (χ2n) is 10.9. The normalized spacial score (nSPS) is 42.4. The number of benzene rings is 1. The summed E-state index contributed by atoms with van der Waals surface area (Å²) >= 11 is 0. The highest BCUT2D eigenvalue weighted by Gasteiger charge is 2.76. The summed E-state index contributed by atoms with van der Waals surface area (Å²) in [7, 11) is -3.79. The third-order valence-corrected chi connectivity index (χ3v) is 11.5. The monoisotopic (exact) mass is 457 g/mol. The maximum absolute atomic E-state index is 13.9. The standard InChI is InChI=1S/C23H27N3O5S/c1-13-22(4,26(13)24-18(27)15-7-5-6-8-16(15)19(24)28)20(29)25-17-11-14-9-10-23(17,21(14,2)3)12-32(25,30)31/h5-8,13-14,17H,9-12H2,1-4H3/t13-,14-,17-,22-,23-,26?/m1/s1. The summed E-state index contributed by atoms with van der Waals surface area (Å²) in [6.07, 6.45) is 2.50. The van der Waals surface area contributed by atoms with Gasteiger partial charge in [-0.1, -0.05) is 26.0 Å². The lowest BCUT2D eigenvalue weighted by molar-refractivity contribution is -0.133. The summed E-state index contributed by atoms with van der Waals surface area (Å²) in [5.41, 5.74) is -1.22. The van der Waals surface area contributed by atoms with Crippen LogP contribution in [0, 0.1) is 16.7 Å². The molecule has 6 atom stereocenters. The Bertz CT molecular complexity index is 1190. The smallest absolute Gasteiger partial charge is 0.271 e. The van der Waals surface area contributed by atoms with Crippen LogP contribution in [0.15, 0.2) is 24.3 Å². The molecule has 3 amide bonds. The summed E-state index contributed by atoms with van der Waals surface area (Å²) in [5.74, 6) is -1.08. The van der Waals surface area contributed by atoms with Crippen molar-refractivity contribution < 1.29 is 22.8 Å². The molecule has 1 spiro atoms. The predicted molar refractivity (Wildman–Crippen MR) is 115 cm³/mol. The average molecular weight is 458 g/mol. The lowest BCUT2D eigenvalue weighted by Crippen LogP contribution is -2.51. The predicted octanol–water partition coefficient (Wildman–Crippen LogP) is 2.03. The molecule has 170 valence electrons. The van der Waals surface area contributed by atoms with Crippen molar-refractivity contribution in [2.45, 2.75) is 64.6 Å². The van der Waals surface area contributed by atoms with Crippen molar-refractivity contribution in [1.29, 1.82) is 0 Å². The highest BCUT2D eigenvalue weighted by Crippen LogP contribution is 2.70. The van der Waals surface area contributed by atoms with Crippen LogP contribution in [0.1, 0.15) is 67.7 Å². The van der Waals surface area contributed by atoms with E-state index >= 15 is 0 Å². The third-order valence-electron chi connectivity index (χ3n) is 9.62. The lowest BCUT2D eigenvalue weighted by Gasteiger charge is -2.37. The molecular formula is C23H27N3O5S. The molecule has 5 aliphatic rings. The van der Waals surface area contributed by atoms with E-state index in [0.29, 0.717) is 23.5 Å². The van der Waals surface area contributed by atoms with Gasteiger partial charge in [-0.3, -0.25) is 14.4 Å². The van der Waals surface area contributed by atoms with Crippen molar-refractivity contribution in [3.8, 4) is 0 Å². The fourth-order valence-corrected chi connectivity index (χ4v) is 9.96. The Morgan fingerprint density at radius 2 is 1.66 bits per heavy atom. The molecule has 6 rings (SSSR count). The van der Waals surface area contributed by atoms with Gasteiger partial charge in [0.05, 0.1) is 29.0 Å². The average Bonchev–Trinajstić information content (AvgIpc) is 2.95. The molecule has 8 nitrogen and oxygen atoms in total. The summed E-state index contributed by atoms with van der Waals surface area (Å²) in [6.45, 7) is 7.68. The first-order valence-electron chi connectivity index (χ1n) is 11.2. The highest BCUT2D eigenvalue weighted by molar-refractivity contribution is 7.90. The van der Waals surface area contributed by atoms with Crippen LogP contribution >= 0.6 is 0 Å². The van der Waals surface area contributed by atoms with Crippen LogP contribution in [-0.2, 0) is 14.8 Å². The molecule has 1 aromatic carbocycles. The number of hydrazine groups is 1. The molecule has 32 heavy (non-hydrogen) atoms. The first kappa shape index (κ1) is 20.4. The number of amides is 3. The molecular weight excluding hydrogens is 430 g/mol. The fourth-order valence-electron chi connectivity index (χ4n) is 7.34. The van der Waals surface area contributed by atoms with Crippen LogP contribution < -0.4 is 0 Å².